The van der Waals surface area contributed by atoms with Gasteiger partial charge in [0, 0.05) is 3.92 Å². The number of halogens is 1. The van der Waals surface area contributed by atoms with Crippen molar-refractivity contribution in [3.05, 3.63) is 12.2 Å². The quantitative estimate of drug-likeness (QED) is 0.444. The van der Waals surface area contributed by atoms with Crippen molar-refractivity contribution in [3.63, 3.8) is 0 Å². The summed E-state index contributed by atoms with van der Waals surface area (Å²) in [7, 11) is 0. The van der Waals surface area contributed by atoms with Crippen molar-refractivity contribution in [3.8, 4) is 0 Å². The van der Waals surface area contributed by atoms with E-state index in [-0.39, 0.29) is 10.5 Å². The second-order valence-corrected chi connectivity index (χ2v) is 4.32. The predicted molar refractivity (Wildman–Crippen MR) is 59.6 cm³/mol. The molecule has 2 N–H and O–H groups in total. The highest BCUT2D eigenvalue weighted by atomic mass is 127. The van der Waals surface area contributed by atoms with Crippen molar-refractivity contribution in [2.75, 3.05) is 6.61 Å². The standard InChI is InChI=1S/C9H17IO2/c1-2-3-4-5-6-8(10)9(12)7-11/h3-4,8-9,11-12H,2,5-7H2,1H3/b4-3+/t8-,9-/m1/s1. The molecular formula is C9H17IO2. The van der Waals surface area contributed by atoms with Gasteiger partial charge in [-0.25, -0.2) is 0 Å². The molecule has 0 heterocycles. The summed E-state index contributed by atoms with van der Waals surface area (Å²) in [6.07, 6.45) is 6.65. The zero-order chi connectivity index (χ0) is 9.40. The van der Waals surface area contributed by atoms with Gasteiger partial charge in [0.15, 0.2) is 0 Å². The summed E-state index contributed by atoms with van der Waals surface area (Å²) in [6, 6.07) is 0. The minimum absolute atomic E-state index is 0.134. The Balaban J connectivity index is 3.43. The van der Waals surface area contributed by atoms with Crippen LogP contribution < -0.4 is 0 Å². The largest absolute Gasteiger partial charge is 0.394 e. The summed E-state index contributed by atoms with van der Waals surface area (Å²) >= 11 is 2.18. The SMILES string of the molecule is CC/C=C/CC[C@@H](I)[C@H](O)CO. The predicted octanol–water partition coefficient (Wildman–Crippen LogP) is 1.89. The molecule has 0 bridgehead atoms. The fourth-order valence-electron chi connectivity index (χ4n) is 0.847. The highest BCUT2D eigenvalue weighted by Gasteiger charge is 2.12. The van der Waals surface area contributed by atoms with Crippen LogP contribution in [0.2, 0.25) is 0 Å². The molecule has 2 nitrogen and oxygen atoms in total. The van der Waals surface area contributed by atoms with E-state index < -0.39 is 6.10 Å². The van der Waals surface area contributed by atoms with Crippen molar-refractivity contribution in [2.45, 2.75) is 36.2 Å². The Morgan fingerprint density at radius 2 is 2.08 bits per heavy atom. The molecule has 2 atom stereocenters. The zero-order valence-corrected chi connectivity index (χ0v) is 9.57. The molecule has 3 heteroatoms. The summed E-state index contributed by atoms with van der Waals surface area (Å²) in [4.78, 5) is 0. The van der Waals surface area contributed by atoms with Crippen LogP contribution in [-0.2, 0) is 0 Å². The number of hydrogen-bond donors (Lipinski definition) is 2. The average Bonchev–Trinajstić information content (AvgIpc) is 2.10. The first kappa shape index (κ1) is 12.4. The van der Waals surface area contributed by atoms with Crippen LogP contribution in [0.5, 0.6) is 0 Å². The highest BCUT2D eigenvalue weighted by molar-refractivity contribution is 14.1. The van der Waals surface area contributed by atoms with E-state index in [0.29, 0.717) is 0 Å². The number of aliphatic hydroxyl groups is 2. The Labute approximate surface area is 87.8 Å². The van der Waals surface area contributed by atoms with Crippen LogP contribution in [0.15, 0.2) is 12.2 Å². The van der Waals surface area contributed by atoms with Gasteiger partial charge in [0.2, 0.25) is 0 Å². The summed E-state index contributed by atoms with van der Waals surface area (Å²) in [6.45, 7) is 1.96. The van der Waals surface area contributed by atoms with Crippen molar-refractivity contribution in [1.29, 1.82) is 0 Å². The smallest absolute Gasteiger partial charge is 0.0888 e. The minimum atomic E-state index is -0.569. The van der Waals surface area contributed by atoms with Gasteiger partial charge in [-0.2, -0.15) is 0 Å². The Bertz CT molecular complexity index is 126. The average molecular weight is 284 g/mol. The van der Waals surface area contributed by atoms with Gasteiger partial charge >= 0.3 is 0 Å². The monoisotopic (exact) mass is 284 g/mol. The van der Waals surface area contributed by atoms with Gasteiger partial charge in [0.05, 0.1) is 12.7 Å². The first-order valence-corrected chi connectivity index (χ1v) is 5.55. The summed E-state index contributed by atoms with van der Waals surface area (Å²) in [5.41, 5.74) is 0. The van der Waals surface area contributed by atoms with E-state index in [1.54, 1.807) is 0 Å². The zero-order valence-electron chi connectivity index (χ0n) is 7.41. The molecule has 0 aliphatic heterocycles. The molecule has 0 saturated carbocycles. The maximum Gasteiger partial charge on any atom is 0.0888 e. The number of aliphatic hydroxyl groups excluding tert-OH is 2. The van der Waals surface area contributed by atoms with Gasteiger partial charge < -0.3 is 10.2 Å². The molecule has 0 aromatic rings. The highest BCUT2D eigenvalue weighted by Crippen LogP contribution is 2.13. The fourth-order valence-corrected chi connectivity index (χ4v) is 1.43. The number of rotatable bonds is 6. The lowest BCUT2D eigenvalue weighted by Crippen LogP contribution is -2.23. The Hall–Kier alpha value is 0.390. The van der Waals surface area contributed by atoms with Crippen LogP contribution in [0.4, 0.5) is 0 Å². The molecule has 72 valence electrons. The van der Waals surface area contributed by atoms with Crippen molar-refractivity contribution >= 4 is 22.6 Å². The molecule has 0 aromatic carbocycles. The number of allylic oxidation sites excluding steroid dienone is 2. The van der Waals surface area contributed by atoms with Crippen LogP contribution in [-0.4, -0.2) is 26.8 Å². The summed E-state index contributed by atoms with van der Waals surface area (Å²) < 4.78 is 0.161. The second kappa shape index (κ2) is 8.01. The molecule has 0 amide bonds. The molecule has 0 aliphatic rings. The van der Waals surface area contributed by atoms with Crippen molar-refractivity contribution in [1.82, 2.24) is 0 Å². The van der Waals surface area contributed by atoms with Crippen LogP contribution in [0.3, 0.4) is 0 Å². The van der Waals surface area contributed by atoms with Gasteiger partial charge in [-0.1, -0.05) is 41.7 Å². The maximum absolute atomic E-state index is 9.20. The summed E-state index contributed by atoms with van der Waals surface area (Å²) in [5, 5.41) is 17.8. The molecule has 0 spiro atoms. The van der Waals surface area contributed by atoms with Crippen LogP contribution in [0, 0.1) is 0 Å². The molecule has 0 aromatic heterocycles. The normalized spacial score (nSPS) is 16.7. The van der Waals surface area contributed by atoms with E-state index in [1.165, 1.54) is 0 Å². The lowest BCUT2D eigenvalue weighted by atomic mass is 10.1. The van der Waals surface area contributed by atoms with Crippen molar-refractivity contribution < 1.29 is 10.2 Å². The lowest BCUT2D eigenvalue weighted by Gasteiger charge is -2.13. The topological polar surface area (TPSA) is 40.5 Å². The maximum atomic E-state index is 9.20. The Morgan fingerprint density at radius 1 is 1.42 bits per heavy atom. The molecule has 0 radical (unpaired) electrons. The van der Waals surface area contributed by atoms with E-state index in [1.807, 2.05) is 0 Å². The van der Waals surface area contributed by atoms with Crippen molar-refractivity contribution in [2.24, 2.45) is 0 Å². The molecule has 0 rings (SSSR count). The number of alkyl halides is 1. The third-order valence-corrected chi connectivity index (χ3v) is 3.07. The third-order valence-electron chi connectivity index (χ3n) is 1.62. The van der Waals surface area contributed by atoms with Gasteiger partial charge in [0.1, 0.15) is 0 Å². The first-order chi connectivity index (χ1) is 5.72. The summed E-state index contributed by atoms with van der Waals surface area (Å²) in [5.74, 6) is 0. The Morgan fingerprint density at radius 3 is 2.58 bits per heavy atom. The van der Waals surface area contributed by atoms with Gasteiger partial charge in [-0.15, -0.1) is 0 Å². The van der Waals surface area contributed by atoms with E-state index in [0.717, 1.165) is 19.3 Å². The first-order valence-electron chi connectivity index (χ1n) is 4.30. The molecular weight excluding hydrogens is 267 g/mol. The Kier molecular flexibility index (Phi) is 8.27. The van der Waals surface area contributed by atoms with Crippen LogP contribution in [0.1, 0.15) is 26.2 Å². The van der Waals surface area contributed by atoms with Crippen LogP contribution >= 0.6 is 22.6 Å². The van der Waals surface area contributed by atoms with E-state index >= 15 is 0 Å². The van der Waals surface area contributed by atoms with Gasteiger partial charge in [0.25, 0.3) is 0 Å². The number of hydrogen-bond acceptors (Lipinski definition) is 2. The van der Waals surface area contributed by atoms with E-state index in [2.05, 4.69) is 41.7 Å². The lowest BCUT2D eigenvalue weighted by molar-refractivity contribution is 0.0950. The minimum Gasteiger partial charge on any atom is -0.394 e. The van der Waals surface area contributed by atoms with Gasteiger partial charge in [-0.05, 0) is 19.3 Å². The molecule has 0 unspecified atom stereocenters. The van der Waals surface area contributed by atoms with E-state index in [9.17, 15) is 5.11 Å². The molecule has 0 saturated heterocycles. The second-order valence-electron chi connectivity index (χ2n) is 2.72. The molecule has 12 heavy (non-hydrogen) atoms. The fraction of sp³-hybridized carbons (Fsp3) is 0.778. The van der Waals surface area contributed by atoms with Gasteiger partial charge in [-0.3, -0.25) is 0 Å². The van der Waals surface area contributed by atoms with Crippen LogP contribution in [0.25, 0.3) is 0 Å². The third kappa shape index (κ3) is 5.97. The van der Waals surface area contributed by atoms with E-state index in [4.69, 9.17) is 5.11 Å². The molecule has 0 aliphatic carbocycles. The molecule has 0 fully saturated rings.